The minimum absolute atomic E-state index is 0.178. The number of nitrogens with two attached hydrogens (primary N) is 1. The summed E-state index contributed by atoms with van der Waals surface area (Å²) in [5.41, 5.74) is 6.29. The first-order valence-corrected chi connectivity index (χ1v) is 9.62. The number of carbonyl (C=O) groups excluding carboxylic acids is 1. The van der Waals surface area contributed by atoms with E-state index < -0.39 is 5.54 Å². The number of nitrogens with zero attached hydrogens (tertiary/aromatic N) is 3. The van der Waals surface area contributed by atoms with Crippen LogP contribution >= 0.6 is 23.2 Å². The quantitative estimate of drug-likeness (QED) is 0.847. The molecule has 1 aromatic heterocycles. The van der Waals surface area contributed by atoms with Gasteiger partial charge in [0.15, 0.2) is 5.82 Å². The molecule has 2 heterocycles. The van der Waals surface area contributed by atoms with Crippen molar-refractivity contribution in [3.05, 3.63) is 45.5 Å². The van der Waals surface area contributed by atoms with Gasteiger partial charge < -0.3 is 15.2 Å². The van der Waals surface area contributed by atoms with E-state index in [0.717, 1.165) is 38.5 Å². The van der Waals surface area contributed by atoms with Gasteiger partial charge in [-0.15, -0.1) is 0 Å². The van der Waals surface area contributed by atoms with E-state index in [1.807, 2.05) is 0 Å². The lowest BCUT2D eigenvalue weighted by Crippen LogP contribution is -2.34. The van der Waals surface area contributed by atoms with E-state index in [2.05, 4.69) is 10.1 Å². The van der Waals surface area contributed by atoms with Crippen LogP contribution in [0.15, 0.2) is 22.7 Å². The first-order chi connectivity index (χ1) is 12.5. The second-order valence-electron chi connectivity index (χ2n) is 7.10. The van der Waals surface area contributed by atoms with Crippen molar-refractivity contribution in [2.75, 3.05) is 6.54 Å². The number of hydrogen-bond donors (Lipinski definition) is 1. The Hall–Kier alpha value is -1.63. The number of amides is 1. The zero-order valence-electron chi connectivity index (χ0n) is 14.3. The molecule has 2 N–H and O–H groups in total. The lowest BCUT2D eigenvalue weighted by Gasteiger charge is -2.22. The highest BCUT2D eigenvalue weighted by atomic mass is 35.5. The van der Waals surface area contributed by atoms with Crippen LogP contribution in [-0.4, -0.2) is 27.5 Å². The normalized spacial score (nSPS) is 22.1. The maximum Gasteiger partial charge on any atom is 0.256 e. The fraction of sp³-hybridized carbons (Fsp3) is 0.500. The van der Waals surface area contributed by atoms with E-state index in [-0.39, 0.29) is 11.9 Å². The lowest BCUT2D eigenvalue weighted by molar-refractivity contribution is 0.0710. The third-order valence-corrected chi connectivity index (χ3v) is 5.91. The Morgan fingerprint density at radius 1 is 1.27 bits per heavy atom. The van der Waals surface area contributed by atoms with E-state index in [0.29, 0.717) is 33.9 Å². The molecule has 8 heteroatoms. The Morgan fingerprint density at radius 2 is 2.04 bits per heavy atom. The molecule has 1 aromatic carbocycles. The van der Waals surface area contributed by atoms with E-state index in [1.165, 1.54) is 0 Å². The Balaban J connectivity index is 1.60. The first-order valence-electron chi connectivity index (χ1n) is 8.87. The van der Waals surface area contributed by atoms with Gasteiger partial charge in [-0.25, -0.2) is 0 Å². The van der Waals surface area contributed by atoms with Crippen molar-refractivity contribution in [2.24, 2.45) is 5.73 Å². The third-order valence-electron chi connectivity index (χ3n) is 5.34. The van der Waals surface area contributed by atoms with E-state index in [1.54, 1.807) is 23.1 Å². The summed E-state index contributed by atoms with van der Waals surface area (Å²) >= 11 is 12.2. The van der Waals surface area contributed by atoms with Gasteiger partial charge in [0.25, 0.3) is 5.91 Å². The summed E-state index contributed by atoms with van der Waals surface area (Å²) in [5, 5.41) is 4.97. The standard InChI is InChI=1S/C18H20Cl2N4O2/c19-11-5-6-13(20)12(10-11)16(25)24-9-3-4-14(24)15-22-17(23-26-15)18(21)7-1-2-8-18/h5-6,10,14H,1-4,7-9,21H2. The van der Waals surface area contributed by atoms with Crippen LogP contribution in [0.5, 0.6) is 0 Å². The van der Waals surface area contributed by atoms with Crippen molar-refractivity contribution in [1.82, 2.24) is 15.0 Å². The number of benzene rings is 1. The molecular weight excluding hydrogens is 375 g/mol. The summed E-state index contributed by atoms with van der Waals surface area (Å²) in [5.74, 6) is 0.814. The zero-order valence-corrected chi connectivity index (χ0v) is 15.8. The van der Waals surface area contributed by atoms with Gasteiger partial charge >= 0.3 is 0 Å². The maximum absolute atomic E-state index is 13.0. The van der Waals surface area contributed by atoms with Gasteiger partial charge in [-0.1, -0.05) is 41.2 Å². The summed E-state index contributed by atoms with van der Waals surface area (Å²) in [4.78, 5) is 19.3. The molecule has 1 aliphatic heterocycles. The number of hydrogen-bond acceptors (Lipinski definition) is 5. The highest BCUT2D eigenvalue weighted by Crippen LogP contribution is 2.38. The minimum atomic E-state index is -0.508. The van der Waals surface area contributed by atoms with Crippen LogP contribution in [0, 0.1) is 0 Å². The molecule has 26 heavy (non-hydrogen) atoms. The third kappa shape index (κ3) is 3.10. The summed E-state index contributed by atoms with van der Waals surface area (Å²) in [7, 11) is 0. The molecule has 1 aliphatic carbocycles. The molecule has 1 unspecified atom stereocenters. The Bertz CT molecular complexity index is 832. The molecular formula is C18H20Cl2N4O2. The molecule has 1 amide bonds. The molecule has 2 aromatic rings. The maximum atomic E-state index is 13.0. The fourth-order valence-corrected chi connectivity index (χ4v) is 4.26. The molecule has 2 aliphatic rings. The van der Waals surface area contributed by atoms with Crippen molar-refractivity contribution >= 4 is 29.1 Å². The predicted molar refractivity (Wildman–Crippen MR) is 98.1 cm³/mol. The molecule has 0 bridgehead atoms. The number of carbonyl (C=O) groups is 1. The Labute approximate surface area is 161 Å². The summed E-state index contributed by atoms with van der Waals surface area (Å²) < 4.78 is 5.50. The largest absolute Gasteiger partial charge is 0.337 e. The minimum Gasteiger partial charge on any atom is -0.337 e. The highest BCUT2D eigenvalue weighted by Gasteiger charge is 2.39. The molecule has 0 radical (unpaired) electrons. The Kier molecular flexibility index (Phi) is 4.67. The van der Waals surface area contributed by atoms with Gasteiger partial charge in [0.1, 0.15) is 6.04 Å². The van der Waals surface area contributed by atoms with Crippen LogP contribution in [-0.2, 0) is 5.54 Å². The smallest absolute Gasteiger partial charge is 0.256 e. The van der Waals surface area contributed by atoms with E-state index in [9.17, 15) is 4.79 Å². The van der Waals surface area contributed by atoms with Crippen molar-refractivity contribution < 1.29 is 9.32 Å². The van der Waals surface area contributed by atoms with Gasteiger partial charge in [0.05, 0.1) is 16.1 Å². The lowest BCUT2D eigenvalue weighted by atomic mass is 9.98. The molecule has 6 nitrogen and oxygen atoms in total. The molecule has 2 fully saturated rings. The van der Waals surface area contributed by atoms with Crippen LogP contribution in [0.4, 0.5) is 0 Å². The molecule has 1 saturated heterocycles. The second kappa shape index (κ2) is 6.83. The van der Waals surface area contributed by atoms with Gasteiger partial charge in [0.2, 0.25) is 5.89 Å². The van der Waals surface area contributed by atoms with Crippen molar-refractivity contribution in [3.63, 3.8) is 0 Å². The van der Waals surface area contributed by atoms with E-state index in [4.69, 9.17) is 33.5 Å². The SMILES string of the molecule is NC1(c2noc(C3CCCN3C(=O)c3cc(Cl)ccc3Cl)n2)CCCC1. The van der Waals surface area contributed by atoms with Crippen LogP contribution in [0.1, 0.15) is 66.6 Å². The first kappa shape index (κ1) is 17.8. The van der Waals surface area contributed by atoms with Crippen LogP contribution in [0.25, 0.3) is 0 Å². The van der Waals surface area contributed by atoms with Crippen molar-refractivity contribution in [1.29, 1.82) is 0 Å². The van der Waals surface area contributed by atoms with Crippen LogP contribution in [0.2, 0.25) is 10.0 Å². The predicted octanol–water partition coefficient (Wildman–Crippen LogP) is 4.08. The molecule has 0 spiro atoms. The highest BCUT2D eigenvalue weighted by molar-refractivity contribution is 6.35. The number of halogens is 2. The molecule has 4 rings (SSSR count). The summed E-state index contributed by atoms with van der Waals surface area (Å²) in [6.45, 7) is 0.609. The monoisotopic (exact) mass is 394 g/mol. The van der Waals surface area contributed by atoms with Crippen LogP contribution < -0.4 is 5.73 Å². The van der Waals surface area contributed by atoms with E-state index >= 15 is 0 Å². The van der Waals surface area contributed by atoms with Crippen molar-refractivity contribution in [3.8, 4) is 0 Å². The number of likely N-dealkylation sites (tertiary alicyclic amines) is 1. The summed E-state index contributed by atoms with van der Waals surface area (Å²) in [6, 6.07) is 4.62. The fourth-order valence-electron chi connectivity index (χ4n) is 3.88. The van der Waals surface area contributed by atoms with Crippen molar-refractivity contribution in [2.45, 2.75) is 50.1 Å². The van der Waals surface area contributed by atoms with Gasteiger partial charge in [-0.05, 0) is 43.9 Å². The second-order valence-corrected chi connectivity index (χ2v) is 7.94. The molecule has 138 valence electrons. The van der Waals surface area contributed by atoms with Gasteiger partial charge in [-0.2, -0.15) is 4.98 Å². The summed E-state index contributed by atoms with van der Waals surface area (Å²) in [6.07, 6.45) is 5.49. The molecule has 1 atom stereocenters. The van der Waals surface area contributed by atoms with Gasteiger partial charge in [-0.3, -0.25) is 4.79 Å². The number of aromatic nitrogens is 2. The average Bonchev–Trinajstić information content (AvgIpc) is 3.35. The Morgan fingerprint density at radius 3 is 2.81 bits per heavy atom. The topological polar surface area (TPSA) is 85.2 Å². The van der Waals surface area contributed by atoms with Crippen LogP contribution in [0.3, 0.4) is 0 Å². The average molecular weight is 395 g/mol. The van der Waals surface area contributed by atoms with Gasteiger partial charge in [0, 0.05) is 11.6 Å². The molecule has 1 saturated carbocycles. The zero-order chi connectivity index (χ0) is 18.3. The number of rotatable bonds is 3.